The Hall–Kier alpha value is -2.90. The van der Waals surface area contributed by atoms with Crippen molar-refractivity contribution in [1.82, 2.24) is 15.0 Å². The Bertz CT molecular complexity index is 1070. The lowest BCUT2D eigenvalue weighted by Crippen LogP contribution is -2.27. The van der Waals surface area contributed by atoms with Crippen molar-refractivity contribution in [2.75, 3.05) is 13.1 Å². The van der Waals surface area contributed by atoms with Gasteiger partial charge in [0.05, 0.1) is 4.90 Å². The number of rotatable bonds is 8. The highest BCUT2D eigenvalue weighted by Gasteiger charge is 2.15. The summed E-state index contributed by atoms with van der Waals surface area (Å²) in [5.74, 6) is -0.310. The molecular formula is C20H21N3O3S. The van der Waals surface area contributed by atoms with Crippen molar-refractivity contribution in [2.45, 2.75) is 11.3 Å². The van der Waals surface area contributed by atoms with Gasteiger partial charge in [-0.1, -0.05) is 30.3 Å². The third kappa shape index (κ3) is 4.45. The van der Waals surface area contributed by atoms with Crippen LogP contribution in [0.15, 0.2) is 72.3 Å². The van der Waals surface area contributed by atoms with Crippen molar-refractivity contribution >= 4 is 26.8 Å². The van der Waals surface area contributed by atoms with Crippen LogP contribution < -0.4 is 10.0 Å². The average molecular weight is 383 g/mol. The number of aromatic amines is 1. The van der Waals surface area contributed by atoms with Crippen molar-refractivity contribution < 1.29 is 13.2 Å². The molecule has 140 valence electrons. The molecule has 1 aromatic heterocycles. The number of para-hydroxylation sites is 1. The van der Waals surface area contributed by atoms with Gasteiger partial charge in [-0.15, -0.1) is 6.58 Å². The van der Waals surface area contributed by atoms with Crippen LogP contribution in [0.3, 0.4) is 0 Å². The van der Waals surface area contributed by atoms with Gasteiger partial charge in [-0.25, -0.2) is 13.1 Å². The molecule has 0 bridgehead atoms. The first-order valence-electron chi connectivity index (χ1n) is 8.55. The highest BCUT2D eigenvalue weighted by atomic mass is 32.2. The fourth-order valence-corrected chi connectivity index (χ4v) is 3.85. The number of carbonyl (C=O) groups is 1. The van der Waals surface area contributed by atoms with E-state index >= 15 is 0 Å². The van der Waals surface area contributed by atoms with E-state index in [4.69, 9.17) is 0 Å². The SMILES string of the molecule is C=CCNS(=O)(=O)c1cccc(C(=O)NCCc2c[nH]c3ccccc23)c1. The molecule has 0 spiro atoms. The molecule has 3 rings (SSSR count). The topological polar surface area (TPSA) is 91.1 Å². The summed E-state index contributed by atoms with van der Waals surface area (Å²) in [5.41, 5.74) is 2.48. The number of amides is 1. The molecule has 27 heavy (non-hydrogen) atoms. The van der Waals surface area contributed by atoms with Gasteiger partial charge in [0.1, 0.15) is 0 Å². The number of H-pyrrole nitrogens is 1. The molecule has 0 aliphatic carbocycles. The molecule has 3 N–H and O–H groups in total. The number of fused-ring (bicyclic) bond motifs is 1. The van der Waals surface area contributed by atoms with Crippen LogP contribution in [0, 0.1) is 0 Å². The summed E-state index contributed by atoms with van der Waals surface area (Å²) < 4.78 is 26.7. The van der Waals surface area contributed by atoms with E-state index < -0.39 is 10.0 Å². The van der Waals surface area contributed by atoms with Crippen LogP contribution in [0.4, 0.5) is 0 Å². The minimum atomic E-state index is -3.66. The van der Waals surface area contributed by atoms with Gasteiger partial charge in [-0.05, 0) is 36.2 Å². The third-order valence-corrected chi connectivity index (χ3v) is 5.60. The molecule has 2 aromatic carbocycles. The van der Waals surface area contributed by atoms with Crippen LogP contribution in [0.2, 0.25) is 0 Å². The predicted molar refractivity (Wildman–Crippen MR) is 106 cm³/mol. The second kappa shape index (κ2) is 8.20. The number of carbonyl (C=O) groups excluding carboxylic acids is 1. The third-order valence-electron chi connectivity index (χ3n) is 4.18. The summed E-state index contributed by atoms with van der Waals surface area (Å²) in [6.07, 6.45) is 4.07. The van der Waals surface area contributed by atoms with Crippen LogP contribution in [-0.4, -0.2) is 32.4 Å². The average Bonchev–Trinajstić information content (AvgIpc) is 3.10. The molecule has 0 fully saturated rings. The van der Waals surface area contributed by atoms with Crippen molar-refractivity contribution in [3.63, 3.8) is 0 Å². The summed E-state index contributed by atoms with van der Waals surface area (Å²) in [4.78, 5) is 15.6. The van der Waals surface area contributed by atoms with E-state index in [1.165, 1.54) is 18.2 Å². The van der Waals surface area contributed by atoms with Gasteiger partial charge in [0.15, 0.2) is 0 Å². The zero-order chi connectivity index (χ0) is 19.3. The van der Waals surface area contributed by atoms with Gasteiger partial charge in [0.25, 0.3) is 5.91 Å². The maximum absolute atomic E-state index is 12.4. The van der Waals surface area contributed by atoms with E-state index in [9.17, 15) is 13.2 Å². The minimum Gasteiger partial charge on any atom is -0.361 e. The molecule has 0 aliphatic heterocycles. The van der Waals surface area contributed by atoms with Crippen molar-refractivity contribution in [2.24, 2.45) is 0 Å². The maximum Gasteiger partial charge on any atom is 0.251 e. The molecule has 0 radical (unpaired) electrons. The quantitative estimate of drug-likeness (QED) is 0.522. The molecule has 6 nitrogen and oxygen atoms in total. The van der Waals surface area contributed by atoms with Gasteiger partial charge < -0.3 is 10.3 Å². The lowest BCUT2D eigenvalue weighted by molar-refractivity contribution is 0.0954. The second-order valence-corrected chi connectivity index (χ2v) is 7.80. The summed E-state index contributed by atoms with van der Waals surface area (Å²) in [7, 11) is -3.66. The van der Waals surface area contributed by atoms with Gasteiger partial charge >= 0.3 is 0 Å². The van der Waals surface area contributed by atoms with Crippen molar-refractivity contribution in [1.29, 1.82) is 0 Å². The smallest absolute Gasteiger partial charge is 0.251 e. The van der Waals surface area contributed by atoms with Crippen LogP contribution in [0.1, 0.15) is 15.9 Å². The van der Waals surface area contributed by atoms with Gasteiger partial charge in [-0.2, -0.15) is 0 Å². The summed E-state index contributed by atoms with van der Waals surface area (Å²) in [6.45, 7) is 4.06. The van der Waals surface area contributed by atoms with Gasteiger partial charge in [0.2, 0.25) is 10.0 Å². The standard InChI is InChI=1S/C20H21N3O3S/c1-2-11-23-27(25,26)17-7-5-6-15(13-17)20(24)21-12-10-16-14-22-19-9-4-3-8-18(16)19/h2-9,13-14,22-23H,1,10-12H2,(H,21,24). The Kier molecular flexibility index (Phi) is 5.73. The highest BCUT2D eigenvalue weighted by Crippen LogP contribution is 2.18. The summed E-state index contributed by atoms with van der Waals surface area (Å²) in [6, 6.07) is 13.9. The normalized spacial score (nSPS) is 11.4. The Morgan fingerprint density at radius 2 is 1.96 bits per heavy atom. The Balaban J connectivity index is 1.64. The predicted octanol–water partition coefficient (Wildman–Crippen LogP) is 2.60. The van der Waals surface area contributed by atoms with Crippen molar-refractivity contribution in [3.05, 3.63) is 78.5 Å². The number of hydrogen-bond acceptors (Lipinski definition) is 3. The summed E-state index contributed by atoms with van der Waals surface area (Å²) in [5, 5.41) is 3.97. The molecular weight excluding hydrogens is 362 g/mol. The minimum absolute atomic E-state index is 0.0497. The zero-order valence-corrected chi connectivity index (χ0v) is 15.6. The van der Waals surface area contributed by atoms with Gasteiger partial charge in [-0.3, -0.25) is 4.79 Å². The number of sulfonamides is 1. The molecule has 1 heterocycles. The lowest BCUT2D eigenvalue weighted by atomic mass is 10.1. The van der Waals surface area contributed by atoms with Crippen molar-refractivity contribution in [3.8, 4) is 0 Å². The molecule has 7 heteroatoms. The molecule has 1 amide bonds. The fraction of sp³-hybridized carbons (Fsp3) is 0.150. The maximum atomic E-state index is 12.4. The van der Waals surface area contributed by atoms with Crippen LogP contribution in [0.25, 0.3) is 10.9 Å². The van der Waals surface area contributed by atoms with E-state index in [1.807, 2.05) is 30.5 Å². The number of nitrogens with one attached hydrogen (secondary N) is 3. The first kappa shape index (κ1) is 18.9. The van der Waals surface area contributed by atoms with E-state index in [0.717, 1.165) is 16.5 Å². The lowest BCUT2D eigenvalue weighted by Gasteiger charge is -2.08. The van der Waals surface area contributed by atoms with Gasteiger partial charge in [0, 0.05) is 35.8 Å². The molecule has 0 aliphatic rings. The molecule has 0 saturated heterocycles. The molecule has 3 aromatic rings. The Morgan fingerprint density at radius 1 is 1.15 bits per heavy atom. The van der Waals surface area contributed by atoms with Crippen LogP contribution >= 0.6 is 0 Å². The molecule has 0 saturated carbocycles. The highest BCUT2D eigenvalue weighted by molar-refractivity contribution is 7.89. The van der Waals surface area contributed by atoms with E-state index in [1.54, 1.807) is 12.1 Å². The van der Waals surface area contributed by atoms with E-state index in [2.05, 4.69) is 21.6 Å². The van der Waals surface area contributed by atoms with Crippen LogP contribution in [0.5, 0.6) is 0 Å². The Labute approximate surface area is 158 Å². The number of hydrogen-bond donors (Lipinski definition) is 3. The van der Waals surface area contributed by atoms with E-state index in [-0.39, 0.29) is 17.3 Å². The largest absolute Gasteiger partial charge is 0.361 e. The Morgan fingerprint density at radius 3 is 2.78 bits per heavy atom. The monoisotopic (exact) mass is 383 g/mol. The fourth-order valence-electron chi connectivity index (χ4n) is 2.81. The molecule has 0 atom stereocenters. The summed E-state index contributed by atoms with van der Waals surface area (Å²) >= 11 is 0. The first-order chi connectivity index (χ1) is 13.0. The van der Waals surface area contributed by atoms with E-state index in [0.29, 0.717) is 18.5 Å². The number of benzene rings is 2. The zero-order valence-electron chi connectivity index (χ0n) is 14.7. The van der Waals surface area contributed by atoms with Crippen LogP contribution in [-0.2, 0) is 16.4 Å². The molecule has 0 unspecified atom stereocenters. The first-order valence-corrected chi connectivity index (χ1v) is 10.0. The number of aromatic nitrogens is 1. The second-order valence-electron chi connectivity index (χ2n) is 6.03.